The van der Waals surface area contributed by atoms with Gasteiger partial charge in [-0.1, -0.05) is 29.3 Å². The molecule has 1 amide bonds. The number of hydrogen-bond acceptors (Lipinski definition) is 4. The number of anilines is 2. The monoisotopic (exact) mass is 492 g/mol. The lowest BCUT2D eigenvalue weighted by Crippen LogP contribution is -2.27. The lowest BCUT2D eigenvalue weighted by atomic mass is 10.1. The first-order valence-electron chi connectivity index (χ1n) is 9.72. The molecule has 0 aliphatic rings. The highest BCUT2D eigenvalue weighted by Gasteiger charge is 2.23. The molecular formula is C23H22Cl2N2O4S. The molecule has 0 fully saturated rings. The molecule has 0 aromatic heterocycles. The van der Waals surface area contributed by atoms with Crippen molar-refractivity contribution in [1.82, 2.24) is 0 Å². The van der Waals surface area contributed by atoms with Gasteiger partial charge in [0.2, 0.25) is 0 Å². The summed E-state index contributed by atoms with van der Waals surface area (Å²) in [6.07, 6.45) is 0. The molecule has 0 aliphatic heterocycles. The number of carbonyl (C=O) groups is 1. The lowest BCUT2D eigenvalue weighted by molar-refractivity contribution is 0.102. The molecule has 1 N–H and O–H groups in total. The van der Waals surface area contributed by atoms with Crippen molar-refractivity contribution in [3.05, 3.63) is 81.8 Å². The van der Waals surface area contributed by atoms with Gasteiger partial charge in [-0.05, 0) is 74.0 Å². The van der Waals surface area contributed by atoms with E-state index >= 15 is 0 Å². The molecule has 0 saturated heterocycles. The van der Waals surface area contributed by atoms with Crippen LogP contribution in [0.5, 0.6) is 5.75 Å². The topological polar surface area (TPSA) is 75.7 Å². The van der Waals surface area contributed by atoms with Crippen LogP contribution in [0.3, 0.4) is 0 Å². The number of carbonyl (C=O) groups excluding carboxylic acids is 1. The van der Waals surface area contributed by atoms with Crippen molar-refractivity contribution in [2.75, 3.05) is 23.3 Å². The largest absolute Gasteiger partial charge is 0.494 e. The minimum absolute atomic E-state index is 0.00114. The maximum Gasteiger partial charge on any atom is 0.264 e. The lowest BCUT2D eigenvalue weighted by Gasteiger charge is -2.20. The minimum atomic E-state index is -3.90. The van der Waals surface area contributed by atoms with Gasteiger partial charge in [-0.25, -0.2) is 8.42 Å². The van der Waals surface area contributed by atoms with Gasteiger partial charge in [0, 0.05) is 18.3 Å². The molecule has 3 aromatic carbocycles. The molecule has 32 heavy (non-hydrogen) atoms. The predicted molar refractivity (Wildman–Crippen MR) is 129 cm³/mol. The predicted octanol–water partition coefficient (Wildman–Crippen LogP) is 5.78. The number of halogens is 2. The summed E-state index contributed by atoms with van der Waals surface area (Å²) in [7, 11) is -2.44. The van der Waals surface area contributed by atoms with E-state index in [1.807, 2.05) is 6.92 Å². The maximum atomic E-state index is 13.2. The molecule has 0 unspecified atom stereocenters. The van der Waals surface area contributed by atoms with E-state index in [4.69, 9.17) is 27.9 Å². The van der Waals surface area contributed by atoms with Crippen LogP contribution in [0, 0.1) is 6.92 Å². The first-order valence-corrected chi connectivity index (χ1v) is 11.9. The Labute approximate surface area is 197 Å². The van der Waals surface area contributed by atoms with E-state index in [-0.39, 0.29) is 10.5 Å². The van der Waals surface area contributed by atoms with Crippen LogP contribution in [-0.4, -0.2) is 28.0 Å². The number of ether oxygens (including phenoxy) is 1. The van der Waals surface area contributed by atoms with Crippen LogP contribution in [0.1, 0.15) is 22.8 Å². The van der Waals surface area contributed by atoms with Gasteiger partial charge >= 0.3 is 0 Å². The second-order valence-corrected chi connectivity index (χ2v) is 9.74. The summed E-state index contributed by atoms with van der Waals surface area (Å²) in [4.78, 5) is 12.8. The van der Waals surface area contributed by atoms with Crippen molar-refractivity contribution >= 4 is 50.5 Å². The molecule has 0 saturated carbocycles. The second-order valence-electron chi connectivity index (χ2n) is 6.96. The molecule has 0 aliphatic carbocycles. The van der Waals surface area contributed by atoms with E-state index in [9.17, 15) is 13.2 Å². The van der Waals surface area contributed by atoms with Crippen LogP contribution in [0.25, 0.3) is 0 Å². The third-order valence-corrected chi connectivity index (χ3v) is 7.32. The summed E-state index contributed by atoms with van der Waals surface area (Å²) < 4.78 is 33.0. The number of benzene rings is 3. The zero-order valence-electron chi connectivity index (χ0n) is 17.7. The van der Waals surface area contributed by atoms with Crippen LogP contribution in [0.2, 0.25) is 10.0 Å². The van der Waals surface area contributed by atoms with Crippen molar-refractivity contribution < 1.29 is 17.9 Å². The first-order chi connectivity index (χ1) is 15.1. The van der Waals surface area contributed by atoms with Crippen molar-refractivity contribution in [3.8, 4) is 5.75 Å². The number of amides is 1. The number of nitrogens with one attached hydrogen (secondary N) is 1. The summed E-state index contributed by atoms with van der Waals surface area (Å²) in [6.45, 7) is 4.12. The van der Waals surface area contributed by atoms with Gasteiger partial charge in [-0.15, -0.1) is 0 Å². The average molecular weight is 493 g/mol. The third-order valence-electron chi connectivity index (χ3n) is 4.80. The van der Waals surface area contributed by atoms with E-state index < -0.39 is 15.9 Å². The van der Waals surface area contributed by atoms with Gasteiger partial charge < -0.3 is 10.1 Å². The summed E-state index contributed by atoms with van der Waals surface area (Å²) in [6, 6.07) is 15.9. The Morgan fingerprint density at radius 2 is 1.69 bits per heavy atom. The van der Waals surface area contributed by atoms with Crippen molar-refractivity contribution in [1.29, 1.82) is 0 Å². The molecule has 0 radical (unpaired) electrons. The number of aryl methyl sites for hydroxylation is 1. The SMILES string of the molecule is CCOc1ccc(N(C)S(=O)(=O)c2ccc(C)c(C(=O)Nc3ccc(Cl)c(Cl)c3)c2)cc1. The Balaban J connectivity index is 1.88. The van der Waals surface area contributed by atoms with E-state index in [1.54, 1.807) is 49.4 Å². The Bertz CT molecular complexity index is 1250. The highest BCUT2D eigenvalue weighted by Crippen LogP contribution is 2.28. The number of hydrogen-bond donors (Lipinski definition) is 1. The molecule has 0 spiro atoms. The summed E-state index contributed by atoms with van der Waals surface area (Å²) >= 11 is 11.9. The zero-order chi connectivity index (χ0) is 23.5. The van der Waals surface area contributed by atoms with Crippen LogP contribution in [0.15, 0.2) is 65.6 Å². The van der Waals surface area contributed by atoms with Gasteiger partial charge in [-0.3, -0.25) is 9.10 Å². The molecule has 6 nitrogen and oxygen atoms in total. The van der Waals surface area contributed by atoms with Crippen LogP contribution >= 0.6 is 23.2 Å². The average Bonchev–Trinajstić information content (AvgIpc) is 2.76. The zero-order valence-corrected chi connectivity index (χ0v) is 20.1. The van der Waals surface area contributed by atoms with Crippen LogP contribution in [-0.2, 0) is 10.0 Å². The third kappa shape index (κ3) is 5.18. The van der Waals surface area contributed by atoms with Gasteiger partial charge in [0.05, 0.1) is 27.2 Å². The van der Waals surface area contributed by atoms with E-state index in [0.717, 1.165) is 4.31 Å². The van der Waals surface area contributed by atoms with E-state index in [0.29, 0.717) is 39.3 Å². The molecule has 3 rings (SSSR count). The van der Waals surface area contributed by atoms with Gasteiger partial charge in [-0.2, -0.15) is 0 Å². The van der Waals surface area contributed by atoms with Crippen molar-refractivity contribution in [2.45, 2.75) is 18.7 Å². The molecule has 3 aromatic rings. The quantitative estimate of drug-likeness (QED) is 0.453. The van der Waals surface area contributed by atoms with Crippen LogP contribution < -0.4 is 14.4 Å². The second kappa shape index (κ2) is 9.81. The highest BCUT2D eigenvalue weighted by atomic mass is 35.5. The van der Waals surface area contributed by atoms with Gasteiger partial charge in [0.1, 0.15) is 5.75 Å². The normalized spacial score (nSPS) is 11.2. The van der Waals surface area contributed by atoms with Crippen LogP contribution in [0.4, 0.5) is 11.4 Å². The first kappa shape index (κ1) is 23.9. The highest BCUT2D eigenvalue weighted by molar-refractivity contribution is 7.92. The van der Waals surface area contributed by atoms with Gasteiger partial charge in [0.25, 0.3) is 15.9 Å². The Hall–Kier alpha value is -2.74. The molecule has 0 bridgehead atoms. The molecule has 0 atom stereocenters. The summed E-state index contributed by atoms with van der Waals surface area (Å²) in [5.41, 5.74) is 1.78. The van der Waals surface area contributed by atoms with E-state index in [1.165, 1.54) is 25.2 Å². The van der Waals surface area contributed by atoms with Crippen molar-refractivity contribution in [3.63, 3.8) is 0 Å². The summed E-state index contributed by atoms with van der Waals surface area (Å²) in [5, 5.41) is 3.39. The fourth-order valence-corrected chi connectivity index (χ4v) is 4.51. The summed E-state index contributed by atoms with van der Waals surface area (Å²) in [5.74, 6) is 0.195. The van der Waals surface area contributed by atoms with E-state index in [2.05, 4.69) is 5.32 Å². The Kier molecular flexibility index (Phi) is 7.33. The maximum absolute atomic E-state index is 13.2. The fourth-order valence-electron chi connectivity index (χ4n) is 2.99. The number of rotatable bonds is 7. The standard InChI is InChI=1S/C23H22Cl2N2O4S/c1-4-31-18-9-7-17(8-10-18)27(3)32(29,30)19-11-5-15(2)20(14-19)23(28)26-16-6-12-21(24)22(25)13-16/h5-14H,4H2,1-3H3,(H,26,28). The molecular weight excluding hydrogens is 471 g/mol. The van der Waals surface area contributed by atoms with Crippen molar-refractivity contribution in [2.24, 2.45) is 0 Å². The number of nitrogens with zero attached hydrogens (tertiary/aromatic N) is 1. The Morgan fingerprint density at radius 3 is 2.31 bits per heavy atom. The molecule has 0 heterocycles. The molecule has 168 valence electrons. The Morgan fingerprint density at radius 1 is 1.00 bits per heavy atom. The van der Waals surface area contributed by atoms with Gasteiger partial charge in [0.15, 0.2) is 0 Å². The smallest absolute Gasteiger partial charge is 0.264 e. The molecule has 9 heteroatoms. The minimum Gasteiger partial charge on any atom is -0.494 e. The fraction of sp³-hybridized carbons (Fsp3) is 0.174. The number of sulfonamides is 1.